The molecule has 0 aliphatic carbocycles. The summed E-state index contributed by atoms with van der Waals surface area (Å²) in [6.07, 6.45) is 0. The second-order valence-electron chi connectivity index (χ2n) is 16.0. The van der Waals surface area contributed by atoms with Gasteiger partial charge in [0.2, 0.25) is 5.89 Å². The lowest BCUT2D eigenvalue weighted by Gasteiger charge is -2.26. The monoisotopic (exact) mass is 806 g/mol. The van der Waals surface area contributed by atoms with Gasteiger partial charge in [-0.15, -0.1) is 0 Å². The van der Waals surface area contributed by atoms with Gasteiger partial charge in [-0.2, -0.15) is 0 Å². The molecule has 0 aliphatic heterocycles. The number of para-hydroxylation sites is 3. The molecule has 0 N–H and O–H groups in total. The zero-order chi connectivity index (χ0) is 41.7. The van der Waals surface area contributed by atoms with Crippen LogP contribution in [0.15, 0.2) is 239 Å². The van der Waals surface area contributed by atoms with Crippen LogP contribution in [0.2, 0.25) is 0 Å². The number of nitrogens with zero attached hydrogens (tertiary/aromatic N) is 2. The number of hydrogen-bond acceptors (Lipinski definition) is 4. The van der Waals surface area contributed by atoms with Gasteiger partial charge < -0.3 is 13.7 Å². The molecular formula is C59H38N2O2. The van der Waals surface area contributed by atoms with Crippen molar-refractivity contribution in [3.05, 3.63) is 231 Å². The number of furan rings is 1. The fraction of sp³-hybridized carbons (Fsp3) is 0. The molecule has 12 rings (SSSR count). The molecule has 10 aromatic carbocycles. The van der Waals surface area contributed by atoms with Gasteiger partial charge in [0.15, 0.2) is 5.58 Å². The van der Waals surface area contributed by atoms with E-state index in [1.807, 2.05) is 36.4 Å². The van der Waals surface area contributed by atoms with Gasteiger partial charge in [-0.25, -0.2) is 4.98 Å². The van der Waals surface area contributed by atoms with Gasteiger partial charge in [-0.1, -0.05) is 146 Å². The number of fused-ring (bicyclic) bond motifs is 5. The third-order valence-corrected chi connectivity index (χ3v) is 12.1. The molecule has 2 heterocycles. The maximum Gasteiger partial charge on any atom is 0.227 e. The molecule has 12 aromatic rings. The highest BCUT2D eigenvalue weighted by atomic mass is 16.3. The third kappa shape index (κ3) is 6.80. The van der Waals surface area contributed by atoms with E-state index in [1.54, 1.807) is 0 Å². The van der Waals surface area contributed by atoms with Crippen molar-refractivity contribution in [1.82, 2.24) is 4.98 Å². The molecule has 4 heteroatoms. The summed E-state index contributed by atoms with van der Waals surface area (Å²) in [6.45, 7) is 0. The van der Waals surface area contributed by atoms with Gasteiger partial charge in [-0.05, 0) is 140 Å². The van der Waals surface area contributed by atoms with E-state index in [1.165, 1.54) is 33.0 Å². The molecule has 0 unspecified atom stereocenters. The Hall–Kier alpha value is -8.47. The molecule has 296 valence electrons. The van der Waals surface area contributed by atoms with Gasteiger partial charge in [0, 0.05) is 33.4 Å². The number of rotatable bonds is 8. The Kier molecular flexibility index (Phi) is 8.79. The number of oxazole rings is 1. The summed E-state index contributed by atoms with van der Waals surface area (Å²) in [4.78, 5) is 7.04. The lowest BCUT2D eigenvalue weighted by molar-refractivity contribution is 0.620. The molecule has 0 saturated heterocycles. The van der Waals surface area contributed by atoms with Crippen LogP contribution in [0, 0.1) is 0 Å². The number of hydrogen-bond donors (Lipinski definition) is 0. The lowest BCUT2D eigenvalue weighted by Crippen LogP contribution is -2.09. The van der Waals surface area contributed by atoms with Crippen molar-refractivity contribution >= 4 is 60.9 Å². The molecule has 4 nitrogen and oxygen atoms in total. The molecule has 0 saturated carbocycles. The van der Waals surface area contributed by atoms with Crippen molar-refractivity contribution in [2.45, 2.75) is 0 Å². The molecule has 0 radical (unpaired) electrons. The molecule has 0 spiro atoms. The smallest absolute Gasteiger partial charge is 0.227 e. The SMILES string of the molecule is c1ccc2cc(-c3ccc(-c4ccc(N(c5ccc(-c6ccc(-c7ccc8oc9ccccc9c8c7)cc6)cc5)c5ccc(-c6nc7ccccc7o6)cc5)cc4)cc3)ccc2c1. The Morgan fingerprint density at radius 3 is 1.32 bits per heavy atom. The van der Waals surface area contributed by atoms with E-state index in [-0.39, 0.29) is 0 Å². The molecule has 0 bridgehead atoms. The van der Waals surface area contributed by atoms with Crippen LogP contribution in [0.4, 0.5) is 17.1 Å². The Morgan fingerprint density at radius 1 is 0.286 bits per heavy atom. The van der Waals surface area contributed by atoms with Crippen LogP contribution >= 0.6 is 0 Å². The molecule has 2 aromatic heterocycles. The fourth-order valence-corrected chi connectivity index (χ4v) is 8.79. The average molecular weight is 807 g/mol. The fourth-order valence-electron chi connectivity index (χ4n) is 8.79. The van der Waals surface area contributed by atoms with Crippen LogP contribution in [0.1, 0.15) is 0 Å². The summed E-state index contributed by atoms with van der Waals surface area (Å²) in [5, 5.41) is 4.77. The molecular weight excluding hydrogens is 769 g/mol. The van der Waals surface area contributed by atoms with E-state index in [9.17, 15) is 0 Å². The second kappa shape index (κ2) is 15.2. The van der Waals surface area contributed by atoms with Crippen molar-refractivity contribution in [2.75, 3.05) is 4.90 Å². The van der Waals surface area contributed by atoms with Crippen molar-refractivity contribution < 1.29 is 8.83 Å². The summed E-state index contributed by atoms with van der Waals surface area (Å²) in [5.41, 5.74) is 16.9. The van der Waals surface area contributed by atoms with Crippen molar-refractivity contribution in [3.63, 3.8) is 0 Å². The zero-order valence-electron chi connectivity index (χ0n) is 34.2. The van der Waals surface area contributed by atoms with Crippen molar-refractivity contribution in [3.8, 4) is 56.0 Å². The minimum absolute atomic E-state index is 0.608. The zero-order valence-corrected chi connectivity index (χ0v) is 34.2. The van der Waals surface area contributed by atoms with Crippen LogP contribution in [-0.4, -0.2) is 4.98 Å². The van der Waals surface area contributed by atoms with E-state index in [4.69, 9.17) is 13.8 Å². The second-order valence-corrected chi connectivity index (χ2v) is 16.0. The van der Waals surface area contributed by atoms with E-state index < -0.39 is 0 Å². The normalized spacial score (nSPS) is 11.5. The molecule has 0 fully saturated rings. The van der Waals surface area contributed by atoms with Crippen LogP contribution in [0.5, 0.6) is 0 Å². The first-order valence-corrected chi connectivity index (χ1v) is 21.2. The van der Waals surface area contributed by atoms with Crippen molar-refractivity contribution in [2.24, 2.45) is 0 Å². The maximum absolute atomic E-state index is 6.12. The third-order valence-electron chi connectivity index (χ3n) is 12.1. The number of aromatic nitrogens is 1. The van der Waals surface area contributed by atoms with E-state index in [2.05, 4.69) is 199 Å². The predicted molar refractivity (Wildman–Crippen MR) is 261 cm³/mol. The van der Waals surface area contributed by atoms with E-state index in [0.29, 0.717) is 5.89 Å². The first-order chi connectivity index (χ1) is 31.2. The standard InChI is InChI=1S/C59H38N2O2/c1-2-8-47-37-48(22-21-39(47)7-1)44-17-13-40(14-18-44)42-23-30-50(31-24-42)61(52-34-27-46(28-35-52)59-60-55-10-4-6-12-58(55)63-59)51-32-25-43(26-33-51)41-15-19-45(20-16-41)49-29-36-57-54(38-49)53-9-3-5-11-56(53)62-57/h1-38H. The molecule has 0 amide bonds. The summed E-state index contributed by atoms with van der Waals surface area (Å²) in [5.74, 6) is 0.608. The maximum atomic E-state index is 6.12. The van der Waals surface area contributed by atoms with Gasteiger partial charge in [-0.3, -0.25) is 0 Å². The van der Waals surface area contributed by atoms with Crippen molar-refractivity contribution in [1.29, 1.82) is 0 Å². The van der Waals surface area contributed by atoms with Gasteiger partial charge in [0.25, 0.3) is 0 Å². The van der Waals surface area contributed by atoms with Crippen LogP contribution in [-0.2, 0) is 0 Å². The van der Waals surface area contributed by atoms with E-state index >= 15 is 0 Å². The van der Waals surface area contributed by atoms with Gasteiger partial charge >= 0.3 is 0 Å². The summed E-state index contributed by atoms with van der Waals surface area (Å²) in [6, 6.07) is 81.5. The highest BCUT2D eigenvalue weighted by Gasteiger charge is 2.16. The first-order valence-electron chi connectivity index (χ1n) is 21.2. The summed E-state index contributed by atoms with van der Waals surface area (Å²) >= 11 is 0. The average Bonchev–Trinajstić information content (AvgIpc) is 3.97. The topological polar surface area (TPSA) is 42.4 Å². The number of anilines is 3. The Labute approximate surface area is 364 Å². The molecule has 0 aliphatic rings. The van der Waals surface area contributed by atoms with Crippen LogP contribution in [0.3, 0.4) is 0 Å². The highest BCUT2D eigenvalue weighted by molar-refractivity contribution is 6.06. The minimum Gasteiger partial charge on any atom is -0.456 e. The predicted octanol–water partition coefficient (Wildman–Crippen LogP) is 16.7. The summed E-state index contributed by atoms with van der Waals surface area (Å²) in [7, 11) is 0. The van der Waals surface area contributed by atoms with Gasteiger partial charge in [0.1, 0.15) is 16.7 Å². The molecule has 63 heavy (non-hydrogen) atoms. The largest absolute Gasteiger partial charge is 0.456 e. The van der Waals surface area contributed by atoms with Gasteiger partial charge in [0.05, 0.1) is 0 Å². The van der Waals surface area contributed by atoms with Crippen LogP contribution < -0.4 is 4.90 Å². The molecule has 0 atom stereocenters. The van der Waals surface area contributed by atoms with Crippen LogP contribution in [0.25, 0.3) is 99.8 Å². The van der Waals surface area contributed by atoms with E-state index in [0.717, 1.165) is 77.9 Å². The Morgan fingerprint density at radius 2 is 0.714 bits per heavy atom. The quantitative estimate of drug-likeness (QED) is 0.153. The lowest BCUT2D eigenvalue weighted by atomic mass is 9.98. The Balaban J connectivity index is 0.844. The minimum atomic E-state index is 0.608. The number of benzene rings is 10. The highest BCUT2D eigenvalue weighted by Crippen LogP contribution is 2.39. The summed E-state index contributed by atoms with van der Waals surface area (Å²) < 4.78 is 12.2. The Bertz CT molecular complexity index is 3550. The first kappa shape index (κ1) is 36.4.